The first-order valence-electron chi connectivity index (χ1n) is 9.19. The number of benzene rings is 2. The lowest BCUT2D eigenvalue weighted by Gasteiger charge is -2.27. The smallest absolute Gasteiger partial charge is 0.252 e. The van der Waals surface area contributed by atoms with E-state index in [2.05, 4.69) is 5.32 Å². The normalized spacial score (nSPS) is 12.2. The third-order valence-corrected chi connectivity index (χ3v) is 5.81. The molecule has 0 aliphatic heterocycles. The minimum Gasteiger partial charge on any atom is -0.366 e. The minimum atomic E-state index is -0.997. The van der Waals surface area contributed by atoms with Gasteiger partial charge in [-0.1, -0.05) is 48.3 Å². The number of aryl methyl sites for hydroxylation is 1. The van der Waals surface area contributed by atoms with Gasteiger partial charge >= 0.3 is 0 Å². The van der Waals surface area contributed by atoms with Crippen LogP contribution in [0.3, 0.4) is 0 Å². The first-order chi connectivity index (χ1) is 14.0. The van der Waals surface area contributed by atoms with Gasteiger partial charge in [-0.3, -0.25) is 14.4 Å². The number of carbonyl (C=O) groups excluding carboxylic acids is 3. The molecule has 162 valence electrons. The van der Waals surface area contributed by atoms with E-state index in [1.807, 2.05) is 19.1 Å². The maximum Gasteiger partial charge on any atom is 0.252 e. The molecule has 0 bridgehead atoms. The number of nitrogens with two attached hydrogens (primary N) is 1. The molecular weight excluding hydrogens is 447 g/mol. The minimum absolute atomic E-state index is 0.153. The van der Waals surface area contributed by atoms with E-state index >= 15 is 0 Å². The number of primary amides is 1. The third kappa shape index (κ3) is 6.73. The van der Waals surface area contributed by atoms with Crippen LogP contribution in [0.1, 0.15) is 52.1 Å². The molecule has 2 aromatic carbocycles. The van der Waals surface area contributed by atoms with E-state index in [1.54, 1.807) is 32.9 Å². The second kappa shape index (κ2) is 11.3. The van der Waals surface area contributed by atoms with Gasteiger partial charge < -0.3 is 11.1 Å². The van der Waals surface area contributed by atoms with E-state index < -0.39 is 11.4 Å². The quantitative estimate of drug-likeness (QED) is 0.574. The highest BCUT2D eigenvalue weighted by Crippen LogP contribution is 2.26. The molecule has 30 heavy (non-hydrogen) atoms. The Labute approximate surface area is 191 Å². The molecule has 8 heteroatoms. The Balaban J connectivity index is 0.000000375. The molecular formula is C22H25Cl3N2O3. The van der Waals surface area contributed by atoms with Crippen LogP contribution in [0.5, 0.6) is 0 Å². The molecule has 1 atom stereocenters. The van der Waals surface area contributed by atoms with E-state index in [0.29, 0.717) is 33.2 Å². The molecule has 0 saturated heterocycles. The summed E-state index contributed by atoms with van der Waals surface area (Å²) in [6.45, 7) is 7.08. The predicted molar refractivity (Wildman–Crippen MR) is 123 cm³/mol. The zero-order valence-electron chi connectivity index (χ0n) is 17.3. The molecule has 0 saturated carbocycles. The first-order valence-corrected chi connectivity index (χ1v) is 10.5. The van der Waals surface area contributed by atoms with Gasteiger partial charge in [-0.05, 0) is 56.5 Å². The van der Waals surface area contributed by atoms with Gasteiger partial charge in [-0.15, -0.1) is 11.6 Å². The second-order valence-corrected chi connectivity index (χ2v) is 8.02. The van der Waals surface area contributed by atoms with Gasteiger partial charge in [-0.25, -0.2) is 0 Å². The second-order valence-electron chi connectivity index (χ2n) is 6.94. The molecule has 0 radical (unpaired) electrons. The summed E-state index contributed by atoms with van der Waals surface area (Å²) in [4.78, 5) is 34.7. The number of carbonyl (C=O) groups is 3. The number of nitrogens with one attached hydrogen (secondary N) is 1. The maximum atomic E-state index is 12.2. The van der Waals surface area contributed by atoms with Crippen molar-refractivity contribution in [1.29, 1.82) is 0 Å². The van der Waals surface area contributed by atoms with Gasteiger partial charge in [0.2, 0.25) is 5.91 Å². The van der Waals surface area contributed by atoms with Crippen molar-refractivity contribution in [3.05, 3.63) is 68.7 Å². The maximum absolute atomic E-state index is 12.2. The standard InChI is InChI=1S/C14H16Cl3NO2.C8H9NO/c1-4-14(3,12(19)7-15)18-13(20)9-5-10(16)8(2)11(17)6-9;1-6-4-2-3-5-7(6)8(9)10/h5-6H,4,7H2,1-3H3,(H,18,20);2-5H,1H3,(H2,9,10)/t14-;/m0./s1. The van der Waals surface area contributed by atoms with Crippen molar-refractivity contribution in [1.82, 2.24) is 5.32 Å². The molecule has 2 rings (SSSR count). The lowest BCUT2D eigenvalue weighted by molar-refractivity contribution is -0.122. The van der Waals surface area contributed by atoms with Gasteiger partial charge in [0.05, 0.1) is 11.4 Å². The van der Waals surface area contributed by atoms with Gasteiger partial charge in [0, 0.05) is 21.2 Å². The summed E-state index contributed by atoms with van der Waals surface area (Å²) in [5.41, 5.74) is 6.62. The molecule has 0 spiro atoms. The van der Waals surface area contributed by atoms with Crippen molar-refractivity contribution in [2.45, 2.75) is 39.7 Å². The lowest BCUT2D eigenvalue weighted by atomic mass is 9.93. The van der Waals surface area contributed by atoms with E-state index in [0.717, 1.165) is 5.56 Å². The molecule has 0 aliphatic rings. The third-order valence-electron chi connectivity index (χ3n) is 4.79. The Morgan fingerprint density at radius 3 is 2.00 bits per heavy atom. The van der Waals surface area contributed by atoms with Crippen molar-refractivity contribution in [3.63, 3.8) is 0 Å². The molecule has 0 fully saturated rings. The van der Waals surface area contributed by atoms with Crippen molar-refractivity contribution in [2.24, 2.45) is 5.73 Å². The fraction of sp³-hybridized carbons (Fsp3) is 0.318. The van der Waals surface area contributed by atoms with Crippen LogP contribution in [0.15, 0.2) is 36.4 Å². The van der Waals surface area contributed by atoms with Crippen LogP contribution >= 0.6 is 34.8 Å². The highest BCUT2D eigenvalue weighted by Gasteiger charge is 2.32. The molecule has 2 aromatic rings. The fourth-order valence-electron chi connectivity index (χ4n) is 2.45. The van der Waals surface area contributed by atoms with Crippen LogP contribution in [0.2, 0.25) is 10.0 Å². The number of halogens is 3. The van der Waals surface area contributed by atoms with Crippen LogP contribution in [0.25, 0.3) is 0 Å². The molecule has 0 aliphatic carbocycles. The predicted octanol–water partition coefficient (Wildman–Crippen LogP) is 5.10. The van der Waals surface area contributed by atoms with Crippen molar-refractivity contribution < 1.29 is 14.4 Å². The van der Waals surface area contributed by atoms with Gasteiger partial charge in [0.25, 0.3) is 5.91 Å². The Morgan fingerprint density at radius 1 is 1.07 bits per heavy atom. The van der Waals surface area contributed by atoms with Crippen LogP contribution in [0.4, 0.5) is 0 Å². The van der Waals surface area contributed by atoms with E-state index in [4.69, 9.17) is 40.5 Å². The highest BCUT2D eigenvalue weighted by atomic mass is 35.5. The van der Waals surface area contributed by atoms with E-state index in [-0.39, 0.29) is 17.6 Å². The molecule has 2 amide bonds. The number of rotatable bonds is 6. The number of hydrogen-bond acceptors (Lipinski definition) is 3. The van der Waals surface area contributed by atoms with Crippen molar-refractivity contribution >= 4 is 52.4 Å². The number of alkyl halides is 1. The molecule has 0 unspecified atom stereocenters. The van der Waals surface area contributed by atoms with Gasteiger partial charge in [-0.2, -0.15) is 0 Å². The fourth-order valence-corrected chi connectivity index (χ4v) is 3.23. The number of amides is 2. The molecule has 0 heterocycles. The van der Waals surface area contributed by atoms with Gasteiger partial charge in [0.15, 0.2) is 5.78 Å². The van der Waals surface area contributed by atoms with Crippen LogP contribution in [0, 0.1) is 13.8 Å². The SMILES string of the molecule is CC[C@](C)(NC(=O)c1cc(Cl)c(C)c(Cl)c1)C(=O)CCl.Cc1ccccc1C(N)=O. The lowest BCUT2D eigenvalue weighted by Crippen LogP contribution is -2.52. The zero-order chi connectivity index (χ0) is 23.1. The summed E-state index contributed by atoms with van der Waals surface area (Å²) in [6, 6.07) is 10.3. The highest BCUT2D eigenvalue weighted by molar-refractivity contribution is 6.36. The van der Waals surface area contributed by atoms with Crippen LogP contribution in [-0.2, 0) is 4.79 Å². The summed E-state index contributed by atoms with van der Waals surface area (Å²) >= 11 is 17.6. The summed E-state index contributed by atoms with van der Waals surface area (Å²) < 4.78 is 0. The summed E-state index contributed by atoms with van der Waals surface area (Å²) in [5.74, 6) is -1.16. The number of Topliss-reactive ketones (excluding diaryl/α,β-unsaturated/α-hetero) is 1. The molecule has 5 nitrogen and oxygen atoms in total. The van der Waals surface area contributed by atoms with E-state index in [1.165, 1.54) is 12.1 Å². The van der Waals surface area contributed by atoms with Crippen LogP contribution in [-0.4, -0.2) is 29.0 Å². The number of hydrogen-bond donors (Lipinski definition) is 2. The molecule has 3 N–H and O–H groups in total. The zero-order valence-corrected chi connectivity index (χ0v) is 19.6. The number of ketones is 1. The topological polar surface area (TPSA) is 89.3 Å². The average Bonchev–Trinajstić information content (AvgIpc) is 2.71. The average molecular weight is 472 g/mol. The van der Waals surface area contributed by atoms with Crippen LogP contribution < -0.4 is 11.1 Å². The molecule has 0 aromatic heterocycles. The monoisotopic (exact) mass is 470 g/mol. The Bertz CT molecular complexity index is 924. The largest absolute Gasteiger partial charge is 0.366 e. The van der Waals surface area contributed by atoms with Crippen molar-refractivity contribution in [2.75, 3.05) is 5.88 Å². The Hall–Kier alpha value is -2.08. The first kappa shape index (κ1) is 26.0. The Morgan fingerprint density at radius 2 is 1.60 bits per heavy atom. The summed E-state index contributed by atoms with van der Waals surface area (Å²) in [7, 11) is 0. The van der Waals surface area contributed by atoms with E-state index in [9.17, 15) is 14.4 Å². The summed E-state index contributed by atoms with van der Waals surface area (Å²) in [5, 5.41) is 3.51. The summed E-state index contributed by atoms with van der Waals surface area (Å²) in [6.07, 6.45) is 0.442. The Kier molecular flexibility index (Phi) is 9.82. The van der Waals surface area contributed by atoms with Crippen molar-refractivity contribution in [3.8, 4) is 0 Å². The van der Waals surface area contributed by atoms with Gasteiger partial charge in [0.1, 0.15) is 0 Å².